The number of hydrogen-bond acceptors (Lipinski definition) is 2. The van der Waals surface area contributed by atoms with E-state index < -0.39 is 0 Å². The Morgan fingerprint density at radius 3 is 2.43 bits per heavy atom. The van der Waals surface area contributed by atoms with E-state index in [-0.39, 0.29) is 24.2 Å². The predicted molar refractivity (Wildman–Crippen MR) is 92.2 cm³/mol. The molecule has 1 heterocycles. The van der Waals surface area contributed by atoms with Gasteiger partial charge in [-0.25, -0.2) is 0 Å². The summed E-state index contributed by atoms with van der Waals surface area (Å²) < 4.78 is 0. The van der Waals surface area contributed by atoms with Gasteiger partial charge in [-0.3, -0.25) is 9.59 Å². The molecule has 1 atom stereocenters. The zero-order valence-corrected chi connectivity index (χ0v) is 14.7. The minimum absolute atomic E-state index is 0.0669. The molecule has 1 aromatic carbocycles. The van der Waals surface area contributed by atoms with Crippen molar-refractivity contribution < 1.29 is 9.59 Å². The number of nitrogens with one attached hydrogen (secondary N) is 1. The number of amides is 2. The highest BCUT2D eigenvalue weighted by atomic mass is 35.5. The highest BCUT2D eigenvalue weighted by molar-refractivity contribution is 6.44. The van der Waals surface area contributed by atoms with Gasteiger partial charge in [0.2, 0.25) is 11.8 Å². The van der Waals surface area contributed by atoms with Crippen LogP contribution in [-0.2, 0) is 9.59 Å². The molecule has 0 spiro atoms. The Morgan fingerprint density at radius 1 is 1.09 bits per heavy atom. The Morgan fingerprint density at radius 2 is 1.74 bits per heavy atom. The molecule has 23 heavy (non-hydrogen) atoms. The lowest BCUT2D eigenvalue weighted by Crippen LogP contribution is -2.35. The molecule has 3 rings (SSSR count). The van der Waals surface area contributed by atoms with E-state index in [0.29, 0.717) is 33.3 Å². The van der Waals surface area contributed by atoms with Crippen LogP contribution in [0.5, 0.6) is 0 Å². The Balaban J connectivity index is 1.67. The van der Waals surface area contributed by atoms with E-state index >= 15 is 0 Å². The highest BCUT2D eigenvalue weighted by Crippen LogP contribution is 2.34. The number of anilines is 1. The zero-order valence-electron chi connectivity index (χ0n) is 12.4. The third-order valence-corrected chi connectivity index (χ3v) is 5.60. The maximum atomic E-state index is 12.4. The number of carbonyl (C=O) groups is 2. The molecule has 1 N–H and O–H groups in total. The Bertz CT molecular complexity index is 644. The Kier molecular flexibility index (Phi) is 5.04. The summed E-state index contributed by atoms with van der Waals surface area (Å²) in [5.41, 5.74) is 0.415. The molecule has 2 amide bonds. The first kappa shape index (κ1) is 16.9. The Hall–Kier alpha value is -0.970. The molecule has 0 bridgehead atoms. The number of nitrogens with zero attached hydrogens (tertiary/aromatic N) is 1. The fourth-order valence-corrected chi connectivity index (χ4v) is 3.92. The summed E-state index contributed by atoms with van der Waals surface area (Å²) in [5.74, 6) is -0.495. The summed E-state index contributed by atoms with van der Waals surface area (Å²) in [6, 6.07) is 3.32. The molecule has 4 nitrogen and oxygen atoms in total. The highest BCUT2D eigenvalue weighted by Gasteiger charge is 2.38. The fourth-order valence-electron chi connectivity index (χ4n) is 3.33. The van der Waals surface area contributed by atoms with Crippen molar-refractivity contribution in [3.63, 3.8) is 0 Å². The van der Waals surface area contributed by atoms with E-state index in [2.05, 4.69) is 5.32 Å². The van der Waals surface area contributed by atoms with Crippen molar-refractivity contribution in [3.8, 4) is 0 Å². The van der Waals surface area contributed by atoms with E-state index in [0.717, 1.165) is 25.7 Å². The maximum absolute atomic E-state index is 12.4. The summed E-state index contributed by atoms with van der Waals surface area (Å²) >= 11 is 17.9. The van der Waals surface area contributed by atoms with Crippen LogP contribution >= 0.6 is 34.8 Å². The average molecular weight is 376 g/mol. The van der Waals surface area contributed by atoms with Gasteiger partial charge in [0.15, 0.2) is 0 Å². The van der Waals surface area contributed by atoms with Crippen LogP contribution in [0.2, 0.25) is 15.1 Å². The van der Waals surface area contributed by atoms with Gasteiger partial charge < -0.3 is 10.2 Å². The number of rotatable bonds is 3. The van der Waals surface area contributed by atoms with Gasteiger partial charge in [0.25, 0.3) is 0 Å². The van der Waals surface area contributed by atoms with Gasteiger partial charge in [-0.2, -0.15) is 0 Å². The number of benzene rings is 1. The van der Waals surface area contributed by atoms with Gasteiger partial charge in [-0.15, -0.1) is 0 Å². The number of hydrogen-bond donors (Lipinski definition) is 1. The van der Waals surface area contributed by atoms with Gasteiger partial charge in [-0.05, 0) is 25.0 Å². The second-order valence-corrected chi connectivity index (χ2v) is 7.34. The summed E-state index contributed by atoms with van der Waals surface area (Å²) in [6.07, 6.45) is 4.65. The number of carbonyl (C=O) groups excluding carboxylic acids is 2. The molecular weight excluding hydrogens is 359 g/mol. The van der Waals surface area contributed by atoms with Gasteiger partial charge in [0.1, 0.15) is 0 Å². The molecular formula is C16H17Cl3N2O2. The van der Waals surface area contributed by atoms with Crippen molar-refractivity contribution in [2.24, 2.45) is 5.92 Å². The average Bonchev–Trinajstić information content (AvgIpc) is 3.13. The first-order valence-corrected chi connectivity index (χ1v) is 8.84. The second-order valence-electron chi connectivity index (χ2n) is 6.12. The van der Waals surface area contributed by atoms with Crippen LogP contribution < -0.4 is 5.32 Å². The van der Waals surface area contributed by atoms with Crippen LogP contribution in [0.15, 0.2) is 12.1 Å². The van der Waals surface area contributed by atoms with Crippen molar-refractivity contribution in [1.82, 2.24) is 4.90 Å². The van der Waals surface area contributed by atoms with Crippen molar-refractivity contribution in [3.05, 3.63) is 27.2 Å². The predicted octanol–water partition coefficient (Wildman–Crippen LogP) is 4.38. The van der Waals surface area contributed by atoms with E-state index in [9.17, 15) is 9.59 Å². The zero-order chi connectivity index (χ0) is 16.6. The van der Waals surface area contributed by atoms with Gasteiger partial charge in [-0.1, -0.05) is 47.6 Å². The fraction of sp³-hybridized carbons (Fsp3) is 0.500. The van der Waals surface area contributed by atoms with E-state index in [4.69, 9.17) is 34.8 Å². The summed E-state index contributed by atoms with van der Waals surface area (Å²) in [4.78, 5) is 26.5. The molecule has 1 saturated carbocycles. The summed E-state index contributed by atoms with van der Waals surface area (Å²) in [5, 5.41) is 3.74. The lowest BCUT2D eigenvalue weighted by Gasteiger charge is -2.23. The van der Waals surface area contributed by atoms with Crippen molar-refractivity contribution in [2.45, 2.75) is 38.1 Å². The molecule has 1 aliphatic heterocycles. The minimum atomic E-state index is -0.353. The molecule has 1 saturated heterocycles. The van der Waals surface area contributed by atoms with Crippen LogP contribution in [-0.4, -0.2) is 29.3 Å². The molecule has 2 aliphatic rings. The van der Waals surface area contributed by atoms with Crippen LogP contribution in [0.25, 0.3) is 0 Å². The molecule has 2 fully saturated rings. The van der Waals surface area contributed by atoms with Crippen molar-refractivity contribution >= 4 is 52.3 Å². The normalized spacial score (nSPS) is 22.0. The third kappa shape index (κ3) is 3.59. The summed E-state index contributed by atoms with van der Waals surface area (Å²) in [7, 11) is 0. The van der Waals surface area contributed by atoms with E-state index in [1.54, 1.807) is 0 Å². The monoisotopic (exact) mass is 374 g/mol. The molecule has 0 radical (unpaired) electrons. The van der Waals surface area contributed by atoms with E-state index in [1.165, 1.54) is 12.1 Å². The van der Waals surface area contributed by atoms with Gasteiger partial charge >= 0.3 is 0 Å². The third-order valence-electron chi connectivity index (χ3n) is 4.56. The molecule has 0 unspecified atom stereocenters. The number of likely N-dealkylation sites (tertiary alicyclic amines) is 1. The van der Waals surface area contributed by atoms with Crippen LogP contribution in [0.1, 0.15) is 32.1 Å². The van der Waals surface area contributed by atoms with Crippen LogP contribution in [0, 0.1) is 5.92 Å². The van der Waals surface area contributed by atoms with Gasteiger partial charge in [0.05, 0.1) is 26.7 Å². The number of halogens is 3. The first-order chi connectivity index (χ1) is 11.0. The minimum Gasteiger partial charge on any atom is -0.339 e. The lowest BCUT2D eigenvalue weighted by molar-refractivity contribution is -0.129. The SMILES string of the molecule is O=C(Nc1cc(Cl)c(Cl)cc1Cl)[C@H]1CC(=O)N(C2CCCC2)C1. The topological polar surface area (TPSA) is 49.4 Å². The lowest BCUT2D eigenvalue weighted by atomic mass is 10.1. The molecule has 124 valence electrons. The molecule has 7 heteroatoms. The second kappa shape index (κ2) is 6.88. The molecule has 1 aliphatic carbocycles. The quantitative estimate of drug-likeness (QED) is 0.797. The van der Waals surface area contributed by atoms with Crippen LogP contribution in [0.3, 0.4) is 0 Å². The maximum Gasteiger partial charge on any atom is 0.229 e. The van der Waals surface area contributed by atoms with Crippen molar-refractivity contribution in [1.29, 1.82) is 0 Å². The first-order valence-electron chi connectivity index (χ1n) is 7.70. The van der Waals surface area contributed by atoms with E-state index in [1.807, 2.05) is 4.90 Å². The molecule has 0 aromatic heterocycles. The smallest absolute Gasteiger partial charge is 0.229 e. The van der Waals surface area contributed by atoms with Crippen molar-refractivity contribution in [2.75, 3.05) is 11.9 Å². The summed E-state index contributed by atoms with van der Waals surface area (Å²) in [6.45, 7) is 0.480. The largest absolute Gasteiger partial charge is 0.339 e. The Labute approximate surface area is 150 Å². The van der Waals surface area contributed by atoms with Crippen LogP contribution in [0.4, 0.5) is 5.69 Å². The van der Waals surface area contributed by atoms with Gasteiger partial charge in [0, 0.05) is 19.0 Å². The standard InChI is InChI=1S/C16H17Cl3N2O2/c17-11-6-13(19)14(7-12(11)18)20-16(23)9-5-15(22)21(8-9)10-3-1-2-4-10/h6-7,9-10H,1-5,8H2,(H,20,23)/t9-/m0/s1. The molecule has 1 aromatic rings.